The topological polar surface area (TPSA) is 60.5 Å². The molecule has 3 rings (SSSR count). The van der Waals surface area contributed by atoms with E-state index >= 15 is 0 Å². The average molecular weight is 262 g/mol. The smallest absolute Gasteiger partial charge is 0.294 e. The first-order chi connectivity index (χ1) is 8.83. The molecule has 0 atom stereocenters. The van der Waals surface area contributed by atoms with Gasteiger partial charge in [-0.1, -0.05) is 0 Å². The maximum atomic E-state index is 11.8. The summed E-state index contributed by atoms with van der Waals surface area (Å²) >= 11 is 1.53. The molecule has 0 unspecified atom stereocenters. The highest BCUT2D eigenvalue weighted by atomic mass is 32.1. The van der Waals surface area contributed by atoms with Crippen LogP contribution in [0.25, 0.3) is 10.2 Å². The Morgan fingerprint density at radius 2 is 2.33 bits per heavy atom. The van der Waals surface area contributed by atoms with Crippen molar-refractivity contribution < 1.29 is 14.3 Å². The second-order valence-electron chi connectivity index (χ2n) is 3.69. The van der Waals surface area contributed by atoms with Crippen LogP contribution >= 0.6 is 11.3 Å². The van der Waals surface area contributed by atoms with Gasteiger partial charge in [0.05, 0.1) is 15.7 Å². The minimum Gasteiger partial charge on any atom is -0.494 e. The molecule has 2 heterocycles. The fourth-order valence-corrected chi connectivity index (χ4v) is 2.33. The highest BCUT2D eigenvalue weighted by Crippen LogP contribution is 2.22. The van der Waals surface area contributed by atoms with Crippen LogP contribution in [0.3, 0.4) is 0 Å². The van der Waals surface area contributed by atoms with Gasteiger partial charge in [-0.25, -0.2) is 4.98 Å². The number of ether oxygens (including phenoxy) is 2. The van der Waals surface area contributed by atoms with Crippen molar-refractivity contribution in [3.8, 4) is 0 Å². The standard InChI is InChI=1S/C12H10N2O3S/c15-12(10-6-16-3-4-17-10)14-8-1-2-9-11(5-8)18-7-13-9/h1-2,5-7H,3-4H2,(H,14,15). The first-order valence-electron chi connectivity index (χ1n) is 5.42. The van der Waals surface area contributed by atoms with Crippen LogP contribution in [-0.2, 0) is 14.3 Å². The molecule has 1 amide bonds. The SMILES string of the molecule is O=C(Nc1ccc2ncsc2c1)C1=COCCO1. The molecular weight excluding hydrogens is 252 g/mol. The largest absolute Gasteiger partial charge is 0.494 e. The second kappa shape index (κ2) is 4.66. The number of fused-ring (bicyclic) bond motifs is 1. The number of nitrogens with zero attached hydrogens (tertiary/aromatic N) is 1. The van der Waals surface area contributed by atoms with Crippen LogP contribution in [0, 0.1) is 0 Å². The highest BCUT2D eigenvalue weighted by molar-refractivity contribution is 7.16. The Labute approximate surface area is 107 Å². The number of hydrogen-bond donors (Lipinski definition) is 1. The molecule has 0 bridgehead atoms. The third-order valence-electron chi connectivity index (χ3n) is 2.46. The zero-order chi connectivity index (χ0) is 12.4. The van der Waals surface area contributed by atoms with Crippen LogP contribution in [0.15, 0.2) is 35.7 Å². The van der Waals surface area contributed by atoms with Gasteiger partial charge in [0.25, 0.3) is 5.91 Å². The molecule has 18 heavy (non-hydrogen) atoms. The molecule has 0 aliphatic carbocycles. The van der Waals surface area contributed by atoms with Crippen molar-refractivity contribution in [3.63, 3.8) is 0 Å². The van der Waals surface area contributed by atoms with Crippen molar-refractivity contribution in [3.05, 3.63) is 35.7 Å². The molecule has 1 aromatic carbocycles. The van der Waals surface area contributed by atoms with Crippen molar-refractivity contribution in [2.45, 2.75) is 0 Å². The zero-order valence-electron chi connectivity index (χ0n) is 9.38. The minimum absolute atomic E-state index is 0.200. The Hall–Kier alpha value is -2.08. The summed E-state index contributed by atoms with van der Waals surface area (Å²) in [6, 6.07) is 5.56. The van der Waals surface area contributed by atoms with Gasteiger partial charge in [-0.3, -0.25) is 4.79 Å². The fourth-order valence-electron chi connectivity index (χ4n) is 1.61. The minimum atomic E-state index is -0.307. The molecule has 5 nitrogen and oxygen atoms in total. The quantitative estimate of drug-likeness (QED) is 0.900. The first kappa shape index (κ1) is 11.0. The van der Waals surface area contributed by atoms with Crippen LogP contribution in [0.2, 0.25) is 0 Å². The van der Waals surface area contributed by atoms with Crippen molar-refractivity contribution in [2.75, 3.05) is 18.5 Å². The van der Waals surface area contributed by atoms with E-state index in [1.165, 1.54) is 17.6 Å². The van der Waals surface area contributed by atoms with Gasteiger partial charge in [-0.05, 0) is 18.2 Å². The molecule has 0 saturated carbocycles. The summed E-state index contributed by atoms with van der Waals surface area (Å²) in [6.45, 7) is 0.872. The first-order valence-corrected chi connectivity index (χ1v) is 6.30. The summed E-state index contributed by atoms with van der Waals surface area (Å²) in [5.41, 5.74) is 3.41. The second-order valence-corrected chi connectivity index (χ2v) is 4.58. The number of aromatic nitrogens is 1. The van der Waals surface area contributed by atoms with Crippen LogP contribution in [-0.4, -0.2) is 24.1 Å². The zero-order valence-corrected chi connectivity index (χ0v) is 10.2. The summed E-state index contributed by atoms with van der Waals surface area (Å²) in [4.78, 5) is 16.0. The number of benzene rings is 1. The summed E-state index contributed by atoms with van der Waals surface area (Å²) in [5.74, 6) is -0.107. The van der Waals surface area contributed by atoms with E-state index in [4.69, 9.17) is 9.47 Å². The van der Waals surface area contributed by atoms with E-state index in [2.05, 4.69) is 10.3 Å². The van der Waals surface area contributed by atoms with Gasteiger partial charge < -0.3 is 14.8 Å². The van der Waals surface area contributed by atoms with E-state index in [-0.39, 0.29) is 11.7 Å². The third kappa shape index (κ3) is 2.14. The summed E-state index contributed by atoms with van der Waals surface area (Å²) in [6.07, 6.45) is 1.34. The summed E-state index contributed by atoms with van der Waals surface area (Å²) in [7, 11) is 0. The number of nitrogens with one attached hydrogen (secondary N) is 1. The maximum Gasteiger partial charge on any atom is 0.294 e. The molecule has 0 radical (unpaired) electrons. The number of thiazole rings is 1. The van der Waals surface area contributed by atoms with E-state index in [1.54, 1.807) is 5.51 Å². The molecule has 2 aromatic rings. The average Bonchev–Trinajstić information content (AvgIpc) is 2.87. The molecule has 1 aromatic heterocycles. The predicted molar refractivity (Wildman–Crippen MR) is 68.2 cm³/mol. The molecule has 1 aliphatic rings. The van der Waals surface area contributed by atoms with Crippen LogP contribution in [0.4, 0.5) is 5.69 Å². The Balaban J connectivity index is 1.78. The number of rotatable bonds is 2. The van der Waals surface area contributed by atoms with E-state index < -0.39 is 0 Å². The van der Waals surface area contributed by atoms with Gasteiger partial charge in [-0.2, -0.15) is 0 Å². The number of anilines is 1. The Bertz CT molecular complexity index is 621. The molecule has 6 heteroatoms. The van der Waals surface area contributed by atoms with E-state index in [1.807, 2.05) is 18.2 Å². The molecule has 0 spiro atoms. The van der Waals surface area contributed by atoms with Crippen molar-refractivity contribution in [1.82, 2.24) is 4.98 Å². The number of hydrogen-bond acceptors (Lipinski definition) is 5. The van der Waals surface area contributed by atoms with Crippen molar-refractivity contribution in [2.24, 2.45) is 0 Å². The Morgan fingerprint density at radius 1 is 1.39 bits per heavy atom. The van der Waals surface area contributed by atoms with Crippen LogP contribution in [0.1, 0.15) is 0 Å². The lowest BCUT2D eigenvalue weighted by Gasteiger charge is -2.14. The molecule has 1 aliphatic heterocycles. The van der Waals surface area contributed by atoms with Gasteiger partial charge in [-0.15, -0.1) is 11.3 Å². The predicted octanol–water partition coefficient (Wildman–Crippen LogP) is 2.12. The van der Waals surface area contributed by atoms with Crippen molar-refractivity contribution in [1.29, 1.82) is 0 Å². The molecule has 1 N–H and O–H groups in total. The normalized spacial score (nSPS) is 14.6. The van der Waals surface area contributed by atoms with Gasteiger partial charge in [0.2, 0.25) is 5.76 Å². The monoisotopic (exact) mass is 262 g/mol. The van der Waals surface area contributed by atoms with Crippen molar-refractivity contribution >= 4 is 33.1 Å². The lowest BCUT2D eigenvalue weighted by Crippen LogP contribution is -2.21. The van der Waals surface area contributed by atoms with E-state index in [0.29, 0.717) is 18.9 Å². The maximum absolute atomic E-state index is 11.8. The summed E-state index contributed by atoms with van der Waals surface area (Å²) in [5, 5.41) is 2.76. The number of amides is 1. The lowest BCUT2D eigenvalue weighted by atomic mass is 10.3. The van der Waals surface area contributed by atoms with Gasteiger partial charge in [0.1, 0.15) is 19.5 Å². The number of carbonyl (C=O) groups is 1. The molecule has 0 saturated heterocycles. The van der Waals surface area contributed by atoms with Gasteiger partial charge >= 0.3 is 0 Å². The molecule has 92 valence electrons. The van der Waals surface area contributed by atoms with E-state index in [9.17, 15) is 4.79 Å². The lowest BCUT2D eigenvalue weighted by molar-refractivity contribution is -0.117. The molecule has 0 fully saturated rings. The third-order valence-corrected chi connectivity index (χ3v) is 3.25. The van der Waals surface area contributed by atoms with Crippen LogP contribution < -0.4 is 5.32 Å². The highest BCUT2D eigenvalue weighted by Gasteiger charge is 2.15. The van der Waals surface area contributed by atoms with Gasteiger partial charge in [0, 0.05) is 5.69 Å². The Morgan fingerprint density at radius 3 is 3.17 bits per heavy atom. The summed E-state index contributed by atoms with van der Waals surface area (Å²) < 4.78 is 11.3. The van der Waals surface area contributed by atoms with Crippen LogP contribution in [0.5, 0.6) is 0 Å². The van der Waals surface area contributed by atoms with Gasteiger partial charge in [0.15, 0.2) is 0 Å². The van der Waals surface area contributed by atoms with E-state index in [0.717, 1.165) is 10.2 Å². The Kier molecular flexibility index (Phi) is 2.85. The number of carbonyl (C=O) groups excluding carboxylic acids is 1. The molecular formula is C12H10N2O3S. The fraction of sp³-hybridized carbons (Fsp3) is 0.167.